The summed E-state index contributed by atoms with van der Waals surface area (Å²) < 4.78 is 0. The summed E-state index contributed by atoms with van der Waals surface area (Å²) in [4.78, 5) is 15.0. The van der Waals surface area contributed by atoms with Gasteiger partial charge in [-0.15, -0.1) is 0 Å². The number of primary amides is 1. The Morgan fingerprint density at radius 1 is 1.09 bits per heavy atom. The number of nitrogens with one attached hydrogen (secondary N) is 1. The molecule has 0 bridgehead atoms. The van der Waals surface area contributed by atoms with Crippen molar-refractivity contribution in [3.05, 3.63) is 58.8 Å². The largest absolute Gasteiger partial charge is 0.366 e. The molecule has 1 aromatic heterocycles. The lowest BCUT2D eigenvalue weighted by Gasteiger charge is -2.11. The van der Waals surface area contributed by atoms with E-state index in [0.717, 1.165) is 38.9 Å². The van der Waals surface area contributed by atoms with E-state index < -0.39 is 5.91 Å². The molecule has 0 aliphatic rings. The van der Waals surface area contributed by atoms with Crippen LogP contribution in [0.2, 0.25) is 0 Å². The number of hydrogen-bond donors (Lipinski definition) is 3. The third-order valence-electron chi connectivity index (χ3n) is 4.25. The van der Waals surface area contributed by atoms with Gasteiger partial charge < -0.3 is 16.5 Å². The molecule has 0 radical (unpaired) electrons. The monoisotopic (exact) mass is 293 g/mol. The minimum absolute atomic E-state index is 0.426. The molecular weight excluding hydrogens is 274 g/mol. The number of carbonyl (C=O) groups is 1. The number of fused-ring (bicyclic) bond motifs is 1. The molecule has 3 rings (SSSR count). The van der Waals surface area contributed by atoms with E-state index in [-0.39, 0.29) is 0 Å². The van der Waals surface area contributed by atoms with Gasteiger partial charge in [-0.2, -0.15) is 0 Å². The summed E-state index contributed by atoms with van der Waals surface area (Å²) >= 11 is 0. The molecule has 0 aliphatic heterocycles. The highest BCUT2D eigenvalue weighted by molar-refractivity contribution is 6.10. The first-order valence-corrected chi connectivity index (χ1v) is 7.24. The van der Waals surface area contributed by atoms with Gasteiger partial charge in [0.1, 0.15) is 0 Å². The molecule has 0 saturated carbocycles. The Labute approximate surface area is 129 Å². The molecule has 22 heavy (non-hydrogen) atoms. The second kappa shape index (κ2) is 5.31. The van der Waals surface area contributed by atoms with Crippen molar-refractivity contribution < 1.29 is 4.79 Å². The van der Waals surface area contributed by atoms with Crippen LogP contribution in [0, 0.1) is 13.8 Å². The van der Waals surface area contributed by atoms with Gasteiger partial charge in [-0.05, 0) is 42.2 Å². The first-order chi connectivity index (χ1) is 10.5. The third kappa shape index (κ3) is 2.09. The Hall–Kier alpha value is -2.59. The van der Waals surface area contributed by atoms with Gasteiger partial charge in [0.2, 0.25) is 0 Å². The maximum absolute atomic E-state index is 11.7. The fraction of sp³-hybridized carbons (Fsp3) is 0.167. The molecular formula is C18H19N3O. The van der Waals surface area contributed by atoms with Gasteiger partial charge >= 0.3 is 0 Å². The van der Waals surface area contributed by atoms with Crippen molar-refractivity contribution >= 4 is 16.8 Å². The molecule has 3 aromatic rings. The average Bonchev–Trinajstić information content (AvgIpc) is 2.82. The van der Waals surface area contributed by atoms with Crippen LogP contribution in [-0.2, 0) is 6.54 Å². The number of H-pyrrole nitrogens is 1. The zero-order valence-electron chi connectivity index (χ0n) is 12.7. The van der Waals surface area contributed by atoms with Crippen molar-refractivity contribution in [2.24, 2.45) is 11.5 Å². The third-order valence-corrected chi connectivity index (χ3v) is 4.25. The van der Waals surface area contributed by atoms with Gasteiger partial charge in [0.25, 0.3) is 5.91 Å². The van der Waals surface area contributed by atoms with E-state index in [1.807, 2.05) is 38.1 Å². The number of aromatic nitrogens is 1. The van der Waals surface area contributed by atoms with E-state index in [4.69, 9.17) is 11.5 Å². The van der Waals surface area contributed by atoms with Crippen molar-refractivity contribution in [1.29, 1.82) is 0 Å². The predicted molar refractivity (Wildman–Crippen MR) is 89.6 cm³/mol. The van der Waals surface area contributed by atoms with Crippen molar-refractivity contribution in [3.63, 3.8) is 0 Å². The number of carbonyl (C=O) groups excluding carboxylic acids is 1. The van der Waals surface area contributed by atoms with E-state index in [0.29, 0.717) is 12.1 Å². The van der Waals surface area contributed by atoms with Crippen LogP contribution in [0.4, 0.5) is 0 Å². The molecule has 0 spiro atoms. The van der Waals surface area contributed by atoms with Crippen LogP contribution in [0.25, 0.3) is 22.0 Å². The van der Waals surface area contributed by atoms with Crippen LogP contribution < -0.4 is 11.5 Å². The van der Waals surface area contributed by atoms with E-state index in [1.165, 1.54) is 0 Å². The fourth-order valence-electron chi connectivity index (χ4n) is 2.98. The summed E-state index contributed by atoms with van der Waals surface area (Å²) in [5, 5.41) is 1.04. The van der Waals surface area contributed by atoms with Gasteiger partial charge in [-0.3, -0.25) is 4.79 Å². The minimum Gasteiger partial charge on any atom is -0.366 e. The second-order valence-corrected chi connectivity index (χ2v) is 5.51. The van der Waals surface area contributed by atoms with Gasteiger partial charge in [0.05, 0.1) is 11.1 Å². The first kappa shape index (κ1) is 14.4. The number of nitrogens with two attached hydrogens (primary N) is 2. The summed E-state index contributed by atoms with van der Waals surface area (Å²) in [6, 6.07) is 11.8. The summed E-state index contributed by atoms with van der Waals surface area (Å²) in [5.41, 5.74) is 18.1. The van der Waals surface area contributed by atoms with Gasteiger partial charge in [0.15, 0.2) is 0 Å². The molecule has 4 heteroatoms. The minimum atomic E-state index is -0.426. The van der Waals surface area contributed by atoms with Crippen LogP contribution in [0.1, 0.15) is 27.2 Å². The Balaban J connectivity index is 2.41. The summed E-state index contributed by atoms with van der Waals surface area (Å²) in [6.45, 7) is 4.52. The smallest absolute Gasteiger partial charge is 0.250 e. The van der Waals surface area contributed by atoms with Crippen LogP contribution >= 0.6 is 0 Å². The Bertz CT molecular complexity index is 877. The topological polar surface area (TPSA) is 84.9 Å². The summed E-state index contributed by atoms with van der Waals surface area (Å²) in [5.74, 6) is -0.426. The van der Waals surface area contributed by atoms with Crippen LogP contribution in [-0.4, -0.2) is 10.9 Å². The Kier molecular flexibility index (Phi) is 3.47. The molecule has 0 atom stereocenters. The summed E-state index contributed by atoms with van der Waals surface area (Å²) in [7, 11) is 0. The second-order valence-electron chi connectivity index (χ2n) is 5.51. The standard InChI is InChI=1S/C18H19N3O/c1-10-11(2)21-17-15(18(20)22)8-7-14(16(10)17)13-6-4-3-5-12(13)9-19/h3-8,21H,9,19H2,1-2H3,(H2,20,22). The molecule has 1 amide bonds. The average molecular weight is 293 g/mol. The van der Waals surface area contributed by atoms with E-state index >= 15 is 0 Å². The lowest BCUT2D eigenvalue weighted by molar-refractivity contribution is 0.100. The molecule has 1 heterocycles. The maximum Gasteiger partial charge on any atom is 0.250 e. The highest BCUT2D eigenvalue weighted by Gasteiger charge is 2.17. The molecule has 4 nitrogen and oxygen atoms in total. The van der Waals surface area contributed by atoms with Crippen LogP contribution in [0.3, 0.4) is 0 Å². The zero-order chi connectivity index (χ0) is 15.9. The SMILES string of the molecule is Cc1[nH]c2c(C(N)=O)ccc(-c3ccccc3CN)c2c1C. The number of benzene rings is 2. The van der Waals surface area contributed by atoms with Crippen LogP contribution in [0.5, 0.6) is 0 Å². The van der Waals surface area contributed by atoms with Crippen molar-refractivity contribution in [1.82, 2.24) is 4.98 Å². The molecule has 0 fully saturated rings. The number of aromatic amines is 1. The van der Waals surface area contributed by atoms with Crippen LogP contribution in [0.15, 0.2) is 36.4 Å². The number of rotatable bonds is 3. The Morgan fingerprint density at radius 2 is 1.82 bits per heavy atom. The molecule has 0 aliphatic carbocycles. The highest BCUT2D eigenvalue weighted by atomic mass is 16.1. The zero-order valence-corrected chi connectivity index (χ0v) is 12.7. The fourth-order valence-corrected chi connectivity index (χ4v) is 2.98. The number of amides is 1. The normalized spacial score (nSPS) is 11.0. The molecule has 0 saturated heterocycles. The lowest BCUT2D eigenvalue weighted by Crippen LogP contribution is -2.11. The first-order valence-electron chi connectivity index (χ1n) is 7.24. The lowest BCUT2D eigenvalue weighted by atomic mass is 9.93. The quantitative estimate of drug-likeness (QED) is 0.693. The molecule has 5 N–H and O–H groups in total. The molecule has 0 unspecified atom stereocenters. The highest BCUT2D eigenvalue weighted by Crippen LogP contribution is 2.35. The number of hydrogen-bond acceptors (Lipinski definition) is 2. The Morgan fingerprint density at radius 3 is 2.50 bits per heavy atom. The van der Waals surface area contributed by atoms with Crippen molar-refractivity contribution in [2.45, 2.75) is 20.4 Å². The van der Waals surface area contributed by atoms with Gasteiger partial charge in [-0.1, -0.05) is 30.3 Å². The van der Waals surface area contributed by atoms with Crippen molar-refractivity contribution in [2.75, 3.05) is 0 Å². The predicted octanol–water partition coefficient (Wildman–Crippen LogP) is 3.01. The molecule has 2 aromatic carbocycles. The van der Waals surface area contributed by atoms with E-state index in [9.17, 15) is 4.79 Å². The van der Waals surface area contributed by atoms with Gasteiger partial charge in [0, 0.05) is 17.6 Å². The van der Waals surface area contributed by atoms with Gasteiger partial charge in [-0.25, -0.2) is 0 Å². The van der Waals surface area contributed by atoms with E-state index in [1.54, 1.807) is 6.07 Å². The van der Waals surface area contributed by atoms with Crippen molar-refractivity contribution in [3.8, 4) is 11.1 Å². The maximum atomic E-state index is 11.7. The summed E-state index contributed by atoms with van der Waals surface area (Å²) in [6.07, 6.45) is 0. The van der Waals surface area contributed by atoms with E-state index in [2.05, 4.69) is 11.1 Å². The molecule has 112 valence electrons. The number of aryl methyl sites for hydroxylation is 2.